The fourth-order valence-electron chi connectivity index (χ4n) is 3.17. The van der Waals surface area contributed by atoms with Crippen molar-refractivity contribution in [2.45, 2.75) is 38.1 Å². The molecular weight excluding hydrogens is 372 g/mol. The molecule has 0 aromatic heterocycles. The minimum absolute atomic E-state index is 0.0577. The van der Waals surface area contributed by atoms with Crippen LogP contribution in [0.4, 0.5) is 0 Å². The minimum Gasteiger partial charge on any atom is -0.480 e. The van der Waals surface area contributed by atoms with Crippen molar-refractivity contribution in [2.24, 2.45) is 0 Å². The summed E-state index contributed by atoms with van der Waals surface area (Å²) in [5, 5.41) is 8.91. The van der Waals surface area contributed by atoms with Gasteiger partial charge in [-0.15, -0.1) is 0 Å². The third kappa shape index (κ3) is 5.91. The highest BCUT2D eigenvalue weighted by molar-refractivity contribution is 9.10. The molecule has 24 heavy (non-hydrogen) atoms. The Kier molecular flexibility index (Phi) is 7.24. The number of carbonyl (C=O) groups excluding carboxylic acids is 1. The van der Waals surface area contributed by atoms with E-state index in [0.29, 0.717) is 13.0 Å². The van der Waals surface area contributed by atoms with Crippen LogP contribution in [-0.2, 0) is 16.0 Å². The van der Waals surface area contributed by atoms with Gasteiger partial charge in [-0.05, 0) is 50.4 Å². The molecule has 1 N–H and O–H groups in total. The fourth-order valence-corrected chi connectivity index (χ4v) is 3.44. The van der Waals surface area contributed by atoms with Crippen molar-refractivity contribution in [3.63, 3.8) is 0 Å². The standard InChI is InChI=1S/C18H25BrN2O3/c1-20(13-18(23)24)16-3-2-11-21(12-10-16)17(22)9-6-14-4-7-15(19)8-5-14/h4-5,7-8,16H,2-3,6,9-13H2,1H3,(H,23,24). The van der Waals surface area contributed by atoms with E-state index in [4.69, 9.17) is 5.11 Å². The van der Waals surface area contributed by atoms with Gasteiger partial charge < -0.3 is 10.0 Å². The minimum atomic E-state index is -0.802. The number of likely N-dealkylation sites (tertiary alicyclic amines) is 1. The van der Waals surface area contributed by atoms with Crippen molar-refractivity contribution in [1.82, 2.24) is 9.80 Å². The molecule has 0 aliphatic carbocycles. The molecular formula is C18H25BrN2O3. The van der Waals surface area contributed by atoms with Gasteiger partial charge in [0.05, 0.1) is 6.54 Å². The van der Waals surface area contributed by atoms with E-state index < -0.39 is 5.97 Å². The lowest BCUT2D eigenvalue weighted by Gasteiger charge is -2.25. The smallest absolute Gasteiger partial charge is 0.317 e. The Bertz CT molecular complexity index is 562. The summed E-state index contributed by atoms with van der Waals surface area (Å²) in [5.74, 6) is -0.608. The highest BCUT2D eigenvalue weighted by Crippen LogP contribution is 2.17. The summed E-state index contributed by atoms with van der Waals surface area (Å²) in [5.41, 5.74) is 1.17. The van der Waals surface area contributed by atoms with E-state index in [2.05, 4.69) is 15.9 Å². The summed E-state index contributed by atoms with van der Waals surface area (Å²) in [7, 11) is 1.85. The van der Waals surface area contributed by atoms with Crippen LogP contribution in [-0.4, -0.2) is 59.5 Å². The molecule has 1 atom stereocenters. The first-order valence-corrected chi connectivity index (χ1v) is 9.19. The third-order valence-corrected chi connectivity index (χ3v) is 5.13. The number of likely N-dealkylation sites (N-methyl/N-ethyl adjacent to an activating group) is 1. The molecule has 1 unspecified atom stereocenters. The van der Waals surface area contributed by atoms with Gasteiger partial charge in [-0.25, -0.2) is 0 Å². The molecule has 1 aliphatic rings. The van der Waals surface area contributed by atoms with Crippen LogP contribution in [0.25, 0.3) is 0 Å². The lowest BCUT2D eigenvalue weighted by atomic mass is 10.1. The van der Waals surface area contributed by atoms with Gasteiger partial charge in [0.15, 0.2) is 0 Å². The summed E-state index contributed by atoms with van der Waals surface area (Å²) in [6, 6.07) is 8.31. The van der Waals surface area contributed by atoms with E-state index in [-0.39, 0.29) is 18.5 Å². The van der Waals surface area contributed by atoms with Crippen LogP contribution in [0.3, 0.4) is 0 Å². The van der Waals surface area contributed by atoms with Crippen LogP contribution in [0.2, 0.25) is 0 Å². The number of carboxylic acids is 1. The van der Waals surface area contributed by atoms with Gasteiger partial charge in [-0.1, -0.05) is 28.1 Å². The van der Waals surface area contributed by atoms with E-state index in [1.807, 2.05) is 41.1 Å². The van der Waals surface area contributed by atoms with Crippen LogP contribution in [0, 0.1) is 0 Å². The monoisotopic (exact) mass is 396 g/mol. The Hall–Kier alpha value is -1.40. The molecule has 1 amide bonds. The van der Waals surface area contributed by atoms with E-state index in [0.717, 1.165) is 36.7 Å². The van der Waals surface area contributed by atoms with Crippen LogP contribution in [0.5, 0.6) is 0 Å². The summed E-state index contributed by atoms with van der Waals surface area (Å²) in [6.45, 7) is 1.55. The predicted octanol–water partition coefficient (Wildman–Crippen LogP) is 2.78. The molecule has 1 aliphatic heterocycles. The summed E-state index contributed by atoms with van der Waals surface area (Å²) >= 11 is 3.41. The zero-order chi connectivity index (χ0) is 17.5. The van der Waals surface area contributed by atoms with Crippen LogP contribution in [0.1, 0.15) is 31.2 Å². The number of carboxylic acid groups (broad SMARTS) is 1. The van der Waals surface area contributed by atoms with Crippen molar-refractivity contribution in [3.8, 4) is 0 Å². The molecule has 1 aromatic carbocycles. The van der Waals surface area contributed by atoms with E-state index in [1.54, 1.807) is 0 Å². The SMILES string of the molecule is CN(CC(=O)O)C1CCCN(C(=O)CCc2ccc(Br)cc2)CC1. The molecule has 0 bridgehead atoms. The fraction of sp³-hybridized carbons (Fsp3) is 0.556. The van der Waals surface area contributed by atoms with Crippen molar-refractivity contribution in [1.29, 1.82) is 0 Å². The van der Waals surface area contributed by atoms with E-state index >= 15 is 0 Å². The second-order valence-corrected chi connectivity index (χ2v) is 7.32. The van der Waals surface area contributed by atoms with Gasteiger partial charge in [0.1, 0.15) is 0 Å². The molecule has 1 heterocycles. The van der Waals surface area contributed by atoms with Gasteiger partial charge in [-0.2, -0.15) is 0 Å². The molecule has 5 nitrogen and oxygen atoms in total. The van der Waals surface area contributed by atoms with Gasteiger partial charge >= 0.3 is 5.97 Å². The van der Waals surface area contributed by atoms with E-state index in [9.17, 15) is 9.59 Å². The summed E-state index contributed by atoms with van der Waals surface area (Å²) in [4.78, 5) is 27.1. The average molecular weight is 397 g/mol. The second kappa shape index (κ2) is 9.18. The summed E-state index contributed by atoms with van der Waals surface area (Å²) in [6.07, 6.45) is 3.99. The largest absolute Gasteiger partial charge is 0.480 e. The zero-order valence-electron chi connectivity index (χ0n) is 14.1. The van der Waals surface area contributed by atoms with Crippen LogP contribution >= 0.6 is 15.9 Å². The first kappa shape index (κ1) is 18.9. The van der Waals surface area contributed by atoms with Gasteiger partial charge in [-0.3, -0.25) is 14.5 Å². The number of hydrogen-bond donors (Lipinski definition) is 1. The molecule has 132 valence electrons. The second-order valence-electron chi connectivity index (χ2n) is 6.40. The molecule has 1 fully saturated rings. The number of rotatable bonds is 6. The Balaban J connectivity index is 1.81. The third-order valence-electron chi connectivity index (χ3n) is 4.60. The molecule has 1 saturated heterocycles. The number of aliphatic carboxylic acids is 1. The molecule has 0 radical (unpaired) electrons. The number of benzene rings is 1. The lowest BCUT2D eigenvalue weighted by Crippen LogP contribution is -2.37. The maximum atomic E-state index is 12.5. The Labute approximate surface area is 151 Å². The normalized spacial score (nSPS) is 18.5. The first-order chi connectivity index (χ1) is 11.5. The maximum absolute atomic E-state index is 12.5. The summed E-state index contributed by atoms with van der Waals surface area (Å²) < 4.78 is 1.04. The first-order valence-electron chi connectivity index (χ1n) is 8.40. The van der Waals surface area contributed by atoms with E-state index in [1.165, 1.54) is 5.56 Å². The van der Waals surface area contributed by atoms with Crippen molar-refractivity contribution in [3.05, 3.63) is 34.3 Å². The van der Waals surface area contributed by atoms with Gasteiger partial charge in [0.2, 0.25) is 5.91 Å². The number of carbonyl (C=O) groups is 2. The quantitative estimate of drug-likeness (QED) is 0.802. The van der Waals surface area contributed by atoms with Gasteiger partial charge in [0.25, 0.3) is 0 Å². The molecule has 6 heteroatoms. The number of hydrogen-bond acceptors (Lipinski definition) is 3. The highest BCUT2D eigenvalue weighted by Gasteiger charge is 2.23. The molecule has 1 aromatic rings. The van der Waals surface area contributed by atoms with Crippen LogP contribution < -0.4 is 0 Å². The highest BCUT2D eigenvalue weighted by atomic mass is 79.9. The van der Waals surface area contributed by atoms with Gasteiger partial charge in [0, 0.05) is 30.0 Å². The Morgan fingerprint density at radius 3 is 2.62 bits per heavy atom. The number of halogens is 1. The number of amides is 1. The maximum Gasteiger partial charge on any atom is 0.317 e. The molecule has 2 rings (SSSR count). The zero-order valence-corrected chi connectivity index (χ0v) is 15.7. The number of nitrogens with zero attached hydrogens (tertiary/aromatic N) is 2. The average Bonchev–Trinajstić information content (AvgIpc) is 2.79. The molecule has 0 saturated carbocycles. The Morgan fingerprint density at radius 1 is 1.25 bits per heavy atom. The molecule has 0 spiro atoms. The topological polar surface area (TPSA) is 60.9 Å². The van der Waals surface area contributed by atoms with Crippen molar-refractivity contribution >= 4 is 27.8 Å². The number of aryl methyl sites for hydroxylation is 1. The lowest BCUT2D eigenvalue weighted by molar-refractivity contribution is -0.138. The van der Waals surface area contributed by atoms with Crippen molar-refractivity contribution < 1.29 is 14.7 Å². The van der Waals surface area contributed by atoms with Crippen molar-refractivity contribution in [2.75, 3.05) is 26.7 Å². The Morgan fingerprint density at radius 2 is 1.96 bits per heavy atom. The van der Waals surface area contributed by atoms with Crippen LogP contribution in [0.15, 0.2) is 28.7 Å². The predicted molar refractivity (Wildman–Crippen MR) is 96.9 cm³/mol.